The number of rotatable bonds is 5. The van der Waals surface area contributed by atoms with Gasteiger partial charge in [-0.2, -0.15) is 0 Å². The quantitative estimate of drug-likeness (QED) is 0.895. The van der Waals surface area contributed by atoms with Gasteiger partial charge in [0.25, 0.3) is 0 Å². The first kappa shape index (κ1) is 19.8. The van der Waals surface area contributed by atoms with Crippen molar-refractivity contribution in [2.45, 2.75) is 58.5 Å². The van der Waals surface area contributed by atoms with Crippen LogP contribution in [0.15, 0.2) is 18.2 Å². The van der Waals surface area contributed by atoms with Crippen LogP contribution in [-0.2, 0) is 4.79 Å². The molecule has 1 aliphatic rings. The Morgan fingerprint density at radius 2 is 1.96 bits per heavy atom. The fourth-order valence-corrected chi connectivity index (χ4v) is 3.23. The smallest absolute Gasteiger partial charge is 0.226 e. The zero-order valence-corrected chi connectivity index (χ0v) is 15.2. The SMILES string of the molecule is Cc1cc(C)cc(OCCC(=O)N2CCCCC2C(C)N)c1.Cl. The lowest BCUT2D eigenvalue weighted by Gasteiger charge is -2.38. The lowest BCUT2D eigenvalue weighted by Crippen LogP contribution is -2.51. The largest absolute Gasteiger partial charge is 0.493 e. The Morgan fingerprint density at radius 1 is 1.30 bits per heavy atom. The molecule has 0 bridgehead atoms. The van der Waals surface area contributed by atoms with Gasteiger partial charge in [-0.1, -0.05) is 6.07 Å². The molecule has 2 N–H and O–H groups in total. The predicted octanol–water partition coefficient (Wildman–Crippen LogP) is 3.22. The maximum absolute atomic E-state index is 12.4. The fraction of sp³-hybridized carbons (Fsp3) is 0.611. The van der Waals surface area contributed by atoms with Crippen LogP contribution in [0.4, 0.5) is 0 Å². The van der Waals surface area contributed by atoms with E-state index in [1.54, 1.807) is 0 Å². The van der Waals surface area contributed by atoms with Gasteiger partial charge >= 0.3 is 0 Å². The number of nitrogens with two attached hydrogens (primary N) is 1. The van der Waals surface area contributed by atoms with Crippen molar-refractivity contribution in [2.75, 3.05) is 13.2 Å². The molecule has 4 nitrogen and oxygen atoms in total. The van der Waals surface area contributed by atoms with Crippen molar-refractivity contribution in [1.82, 2.24) is 4.90 Å². The molecule has 0 aliphatic carbocycles. The molecule has 23 heavy (non-hydrogen) atoms. The molecule has 2 unspecified atom stereocenters. The van der Waals surface area contributed by atoms with Crippen molar-refractivity contribution < 1.29 is 9.53 Å². The molecule has 130 valence electrons. The van der Waals surface area contributed by atoms with Crippen molar-refractivity contribution in [3.8, 4) is 5.75 Å². The molecule has 0 saturated carbocycles. The van der Waals surface area contributed by atoms with Gasteiger partial charge in [0.05, 0.1) is 13.0 Å². The molecule has 1 aromatic carbocycles. The van der Waals surface area contributed by atoms with Crippen molar-refractivity contribution in [1.29, 1.82) is 0 Å². The lowest BCUT2D eigenvalue weighted by molar-refractivity contribution is -0.135. The lowest BCUT2D eigenvalue weighted by atomic mass is 9.96. The van der Waals surface area contributed by atoms with Crippen molar-refractivity contribution in [2.24, 2.45) is 5.73 Å². The van der Waals surface area contributed by atoms with E-state index in [1.807, 2.05) is 37.8 Å². The third kappa shape index (κ3) is 5.70. The van der Waals surface area contributed by atoms with Crippen LogP contribution in [0.2, 0.25) is 0 Å². The first-order valence-electron chi connectivity index (χ1n) is 8.23. The number of likely N-dealkylation sites (tertiary alicyclic amines) is 1. The van der Waals surface area contributed by atoms with Gasteiger partial charge in [0.1, 0.15) is 5.75 Å². The molecule has 0 radical (unpaired) electrons. The average molecular weight is 341 g/mol. The molecule has 2 rings (SSSR count). The summed E-state index contributed by atoms with van der Waals surface area (Å²) in [6.07, 6.45) is 3.67. The first-order chi connectivity index (χ1) is 10.5. The highest BCUT2D eigenvalue weighted by Crippen LogP contribution is 2.20. The molecule has 1 aliphatic heterocycles. The molecular weight excluding hydrogens is 312 g/mol. The van der Waals surface area contributed by atoms with Crippen LogP contribution < -0.4 is 10.5 Å². The molecule has 1 aromatic rings. The predicted molar refractivity (Wildman–Crippen MR) is 96.3 cm³/mol. The third-order valence-electron chi connectivity index (χ3n) is 4.26. The second-order valence-electron chi connectivity index (χ2n) is 6.43. The summed E-state index contributed by atoms with van der Waals surface area (Å²) in [4.78, 5) is 14.4. The van der Waals surface area contributed by atoms with Gasteiger partial charge < -0.3 is 15.4 Å². The molecular formula is C18H29ClN2O2. The number of hydrogen-bond donors (Lipinski definition) is 1. The number of nitrogens with zero attached hydrogens (tertiary/aromatic N) is 1. The topological polar surface area (TPSA) is 55.6 Å². The zero-order valence-electron chi connectivity index (χ0n) is 14.4. The Bertz CT molecular complexity index is 499. The second kappa shape index (κ2) is 9.14. The van der Waals surface area contributed by atoms with E-state index in [0.717, 1.165) is 31.6 Å². The zero-order chi connectivity index (χ0) is 16.1. The number of halogens is 1. The van der Waals surface area contributed by atoms with Crippen molar-refractivity contribution in [3.63, 3.8) is 0 Å². The molecule has 1 heterocycles. The van der Waals surface area contributed by atoms with Crippen LogP contribution in [0.3, 0.4) is 0 Å². The van der Waals surface area contributed by atoms with E-state index in [9.17, 15) is 4.79 Å². The summed E-state index contributed by atoms with van der Waals surface area (Å²) in [5.74, 6) is 0.999. The summed E-state index contributed by atoms with van der Waals surface area (Å²) < 4.78 is 5.75. The number of carbonyl (C=O) groups excluding carboxylic acids is 1. The molecule has 0 aromatic heterocycles. The van der Waals surface area contributed by atoms with Gasteiger partial charge in [0, 0.05) is 18.6 Å². The van der Waals surface area contributed by atoms with Crippen molar-refractivity contribution >= 4 is 18.3 Å². The van der Waals surface area contributed by atoms with Gasteiger partial charge in [-0.05, 0) is 63.3 Å². The van der Waals surface area contributed by atoms with Gasteiger partial charge in [-0.3, -0.25) is 4.79 Å². The van der Waals surface area contributed by atoms with Gasteiger partial charge in [0.15, 0.2) is 0 Å². The number of carbonyl (C=O) groups is 1. The summed E-state index contributed by atoms with van der Waals surface area (Å²) in [7, 11) is 0. The second-order valence-corrected chi connectivity index (χ2v) is 6.43. The van der Waals surface area contributed by atoms with E-state index < -0.39 is 0 Å². The summed E-state index contributed by atoms with van der Waals surface area (Å²) in [6, 6.07) is 6.33. The number of ether oxygens (including phenoxy) is 1. The van der Waals surface area contributed by atoms with E-state index in [-0.39, 0.29) is 30.4 Å². The average Bonchev–Trinajstić information content (AvgIpc) is 2.46. The van der Waals surface area contributed by atoms with Crippen LogP contribution in [0.1, 0.15) is 43.7 Å². The summed E-state index contributed by atoms with van der Waals surface area (Å²) in [5.41, 5.74) is 8.37. The molecule has 1 amide bonds. The Balaban J connectivity index is 0.00000264. The molecule has 0 spiro atoms. The maximum Gasteiger partial charge on any atom is 0.226 e. The van der Waals surface area contributed by atoms with Crippen LogP contribution in [0.25, 0.3) is 0 Å². The monoisotopic (exact) mass is 340 g/mol. The van der Waals surface area contributed by atoms with Crippen LogP contribution in [-0.4, -0.2) is 36.0 Å². The minimum Gasteiger partial charge on any atom is -0.493 e. The molecule has 1 fully saturated rings. The van der Waals surface area contributed by atoms with Gasteiger partial charge in [0.2, 0.25) is 5.91 Å². The minimum absolute atomic E-state index is 0. The van der Waals surface area contributed by atoms with Crippen molar-refractivity contribution in [3.05, 3.63) is 29.3 Å². The summed E-state index contributed by atoms with van der Waals surface area (Å²) in [5, 5.41) is 0. The number of hydrogen-bond acceptors (Lipinski definition) is 3. The number of benzene rings is 1. The van der Waals surface area contributed by atoms with E-state index in [4.69, 9.17) is 10.5 Å². The minimum atomic E-state index is 0. The maximum atomic E-state index is 12.4. The third-order valence-corrected chi connectivity index (χ3v) is 4.26. The fourth-order valence-electron chi connectivity index (χ4n) is 3.23. The Labute approximate surface area is 145 Å². The normalized spacial score (nSPS) is 19.0. The number of amides is 1. The van der Waals surface area contributed by atoms with E-state index in [1.165, 1.54) is 11.1 Å². The van der Waals surface area contributed by atoms with Gasteiger partial charge in [-0.15, -0.1) is 12.4 Å². The highest BCUT2D eigenvalue weighted by atomic mass is 35.5. The summed E-state index contributed by atoms with van der Waals surface area (Å²) >= 11 is 0. The van der Waals surface area contributed by atoms with E-state index in [2.05, 4.69) is 6.07 Å². The van der Waals surface area contributed by atoms with Crippen LogP contribution >= 0.6 is 12.4 Å². The first-order valence-corrected chi connectivity index (χ1v) is 8.23. The highest BCUT2D eigenvalue weighted by Gasteiger charge is 2.28. The number of aryl methyl sites for hydroxylation is 2. The highest BCUT2D eigenvalue weighted by molar-refractivity contribution is 5.85. The standard InChI is InChI=1S/C18H28N2O2.ClH/c1-13-10-14(2)12-16(11-13)22-9-7-18(21)20-8-5-4-6-17(20)15(3)19;/h10-12,15,17H,4-9,19H2,1-3H3;1H. The van der Waals surface area contributed by atoms with Crippen LogP contribution in [0, 0.1) is 13.8 Å². The number of piperidine rings is 1. The molecule has 2 atom stereocenters. The van der Waals surface area contributed by atoms with E-state index >= 15 is 0 Å². The van der Waals surface area contributed by atoms with E-state index in [0.29, 0.717) is 13.0 Å². The molecule has 5 heteroatoms. The van der Waals surface area contributed by atoms with Gasteiger partial charge in [-0.25, -0.2) is 0 Å². The van der Waals surface area contributed by atoms with Crippen LogP contribution in [0.5, 0.6) is 5.75 Å². The Kier molecular flexibility index (Phi) is 7.86. The summed E-state index contributed by atoms with van der Waals surface area (Å²) in [6.45, 7) is 7.33. The Hall–Kier alpha value is -1.26. The Morgan fingerprint density at radius 3 is 2.57 bits per heavy atom. The molecule has 1 saturated heterocycles.